The molecule has 0 aliphatic rings. The summed E-state index contributed by atoms with van der Waals surface area (Å²) in [4.78, 5) is 0. The van der Waals surface area contributed by atoms with Crippen molar-refractivity contribution >= 4 is 0 Å². The van der Waals surface area contributed by atoms with Gasteiger partial charge in [0.2, 0.25) is 0 Å². The first-order valence-electron chi connectivity index (χ1n) is 6.77. The van der Waals surface area contributed by atoms with E-state index in [1.165, 1.54) is 0 Å². The van der Waals surface area contributed by atoms with Crippen LogP contribution in [0.3, 0.4) is 0 Å². The lowest BCUT2D eigenvalue weighted by molar-refractivity contribution is 0.106. The third kappa shape index (κ3) is 5.41. The Balaban J connectivity index is 1.61. The summed E-state index contributed by atoms with van der Waals surface area (Å²) in [5.41, 5.74) is 0. The molecule has 0 saturated carbocycles. The Labute approximate surface area is 123 Å². The molecule has 1 unspecified atom stereocenters. The van der Waals surface area contributed by atoms with E-state index in [0.29, 0.717) is 25.4 Å². The zero-order valence-electron chi connectivity index (χ0n) is 12.0. The van der Waals surface area contributed by atoms with E-state index < -0.39 is 6.10 Å². The average molecular weight is 292 g/mol. The molecule has 7 nitrogen and oxygen atoms in total. The molecule has 1 heterocycles. The molecule has 0 bridgehead atoms. The summed E-state index contributed by atoms with van der Waals surface area (Å²) < 4.78 is 12.4. The lowest BCUT2D eigenvalue weighted by Crippen LogP contribution is -2.33. The van der Waals surface area contributed by atoms with Gasteiger partial charge >= 0.3 is 0 Å². The number of nitrogens with one attached hydrogen (secondary N) is 1. The lowest BCUT2D eigenvalue weighted by Gasteiger charge is -2.13. The van der Waals surface area contributed by atoms with Crippen LogP contribution in [-0.4, -0.2) is 53.0 Å². The van der Waals surface area contributed by atoms with Crippen LogP contribution in [0, 0.1) is 0 Å². The minimum atomic E-state index is -0.577. The Hall–Kier alpha value is -2.12. The van der Waals surface area contributed by atoms with Crippen molar-refractivity contribution in [2.24, 2.45) is 0 Å². The fraction of sp³-hybridized carbons (Fsp3) is 0.429. The smallest absolute Gasteiger partial charge is 0.123 e. The van der Waals surface area contributed by atoms with E-state index in [9.17, 15) is 5.11 Å². The first kappa shape index (κ1) is 15.3. The maximum Gasteiger partial charge on any atom is 0.123 e. The standard InChI is InChI=1S/C14H20N4O3/c1-20-13-3-2-4-14(9-13)21-11-12(19)10-15-5-7-18-8-6-16-17-18/h2-4,6,8-9,12,15,19H,5,7,10-11H2,1H3. The molecular weight excluding hydrogens is 272 g/mol. The number of aliphatic hydroxyl groups excluding tert-OH is 1. The average Bonchev–Trinajstić information content (AvgIpc) is 3.03. The summed E-state index contributed by atoms with van der Waals surface area (Å²) in [6, 6.07) is 7.30. The van der Waals surface area contributed by atoms with E-state index >= 15 is 0 Å². The molecule has 0 amide bonds. The predicted octanol–water partition coefficient (Wildman–Crippen LogP) is 0.316. The molecule has 2 N–H and O–H groups in total. The van der Waals surface area contributed by atoms with Crippen LogP contribution in [0.1, 0.15) is 0 Å². The molecule has 0 aliphatic heterocycles. The maximum atomic E-state index is 9.84. The van der Waals surface area contributed by atoms with E-state index in [4.69, 9.17) is 9.47 Å². The molecular formula is C14H20N4O3. The lowest BCUT2D eigenvalue weighted by atomic mass is 10.3. The number of hydrogen-bond donors (Lipinski definition) is 2. The molecule has 0 spiro atoms. The van der Waals surface area contributed by atoms with Crippen LogP contribution >= 0.6 is 0 Å². The second-order valence-electron chi connectivity index (χ2n) is 4.51. The summed E-state index contributed by atoms with van der Waals surface area (Å²) in [6.07, 6.45) is 2.85. The zero-order chi connectivity index (χ0) is 14.9. The van der Waals surface area contributed by atoms with Crippen molar-refractivity contribution in [3.8, 4) is 11.5 Å². The Morgan fingerprint density at radius 1 is 1.38 bits per heavy atom. The van der Waals surface area contributed by atoms with Crippen LogP contribution in [-0.2, 0) is 6.54 Å². The predicted molar refractivity (Wildman–Crippen MR) is 77.4 cm³/mol. The largest absolute Gasteiger partial charge is 0.497 e. The van der Waals surface area contributed by atoms with Gasteiger partial charge in [-0.25, -0.2) is 0 Å². The third-order valence-electron chi connectivity index (χ3n) is 2.85. The molecule has 0 fully saturated rings. The van der Waals surface area contributed by atoms with Gasteiger partial charge in [-0.3, -0.25) is 4.68 Å². The third-order valence-corrected chi connectivity index (χ3v) is 2.85. The van der Waals surface area contributed by atoms with Crippen molar-refractivity contribution in [3.63, 3.8) is 0 Å². The Morgan fingerprint density at radius 3 is 3.00 bits per heavy atom. The van der Waals surface area contributed by atoms with E-state index in [1.807, 2.05) is 18.2 Å². The van der Waals surface area contributed by atoms with Crippen LogP contribution in [0.4, 0.5) is 0 Å². The molecule has 7 heteroatoms. The number of nitrogens with zero attached hydrogens (tertiary/aromatic N) is 3. The fourth-order valence-electron chi connectivity index (χ4n) is 1.76. The molecule has 2 aromatic rings. The minimum Gasteiger partial charge on any atom is -0.497 e. The number of benzene rings is 1. The topological polar surface area (TPSA) is 81.4 Å². The summed E-state index contributed by atoms with van der Waals surface area (Å²) in [6.45, 7) is 2.10. The molecule has 2 rings (SSSR count). The van der Waals surface area contributed by atoms with Gasteiger partial charge in [0.05, 0.1) is 19.9 Å². The van der Waals surface area contributed by atoms with Crippen molar-refractivity contribution in [3.05, 3.63) is 36.7 Å². The number of ether oxygens (including phenoxy) is 2. The first-order valence-corrected chi connectivity index (χ1v) is 6.77. The normalized spacial score (nSPS) is 12.1. The molecule has 0 radical (unpaired) electrons. The van der Waals surface area contributed by atoms with Crippen LogP contribution in [0.5, 0.6) is 11.5 Å². The highest BCUT2D eigenvalue weighted by Gasteiger charge is 2.05. The van der Waals surface area contributed by atoms with Crippen LogP contribution in [0.25, 0.3) is 0 Å². The van der Waals surface area contributed by atoms with Crippen molar-refractivity contribution in [1.29, 1.82) is 0 Å². The highest BCUT2D eigenvalue weighted by atomic mass is 16.5. The summed E-state index contributed by atoms with van der Waals surface area (Å²) in [5, 5.41) is 20.6. The molecule has 1 aromatic heterocycles. The van der Waals surface area contributed by atoms with Crippen molar-refractivity contribution in [1.82, 2.24) is 20.3 Å². The molecule has 1 aromatic carbocycles. The first-order chi connectivity index (χ1) is 10.3. The van der Waals surface area contributed by atoms with Gasteiger partial charge in [0.15, 0.2) is 0 Å². The number of hydrogen-bond acceptors (Lipinski definition) is 6. The van der Waals surface area contributed by atoms with Crippen LogP contribution in [0.15, 0.2) is 36.7 Å². The highest BCUT2D eigenvalue weighted by Crippen LogP contribution is 2.18. The van der Waals surface area contributed by atoms with Gasteiger partial charge < -0.3 is 19.9 Å². The van der Waals surface area contributed by atoms with Gasteiger partial charge in [-0.05, 0) is 12.1 Å². The van der Waals surface area contributed by atoms with Crippen molar-refractivity contribution in [2.75, 3.05) is 26.8 Å². The molecule has 0 saturated heterocycles. The van der Waals surface area contributed by atoms with Crippen LogP contribution in [0.2, 0.25) is 0 Å². The van der Waals surface area contributed by atoms with E-state index in [-0.39, 0.29) is 6.61 Å². The molecule has 21 heavy (non-hydrogen) atoms. The van der Waals surface area contributed by atoms with Gasteiger partial charge in [0.1, 0.15) is 24.2 Å². The molecule has 114 valence electrons. The Bertz CT molecular complexity index is 519. The van der Waals surface area contributed by atoms with Crippen molar-refractivity contribution in [2.45, 2.75) is 12.6 Å². The number of aromatic nitrogens is 3. The summed E-state index contributed by atoms with van der Waals surface area (Å²) in [5.74, 6) is 1.41. The second-order valence-corrected chi connectivity index (χ2v) is 4.51. The maximum absolute atomic E-state index is 9.84. The van der Waals surface area contributed by atoms with Gasteiger partial charge in [0.25, 0.3) is 0 Å². The Morgan fingerprint density at radius 2 is 2.24 bits per heavy atom. The second kappa shape index (κ2) is 8.23. The van der Waals surface area contributed by atoms with E-state index in [2.05, 4.69) is 15.6 Å². The SMILES string of the molecule is COc1cccc(OCC(O)CNCCn2ccnn2)c1. The highest BCUT2D eigenvalue weighted by molar-refractivity contribution is 5.32. The monoisotopic (exact) mass is 292 g/mol. The summed E-state index contributed by atoms with van der Waals surface area (Å²) in [7, 11) is 1.60. The summed E-state index contributed by atoms with van der Waals surface area (Å²) >= 11 is 0. The van der Waals surface area contributed by atoms with Gasteiger partial charge in [-0.1, -0.05) is 11.3 Å². The van der Waals surface area contributed by atoms with Crippen LogP contribution < -0.4 is 14.8 Å². The van der Waals surface area contributed by atoms with Gasteiger partial charge in [-0.15, -0.1) is 5.10 Å². The van der Waals surface area contributed by atoms with E-state index in [1.54, 1.807) is 30.3 Å². The van der Waals surface area contributed by atoms with Crippen molar-refractivity contribution < 1.29 is 14.6 Å². The van der Waals surface area contributed by atoms with Gasteiger partial charge in [-0.2, -0.15) is 0 Å². The van der Waals surface area contributed by atoms with Gasteiger partial charge in [0, 0.05) is 25.4 Å². The molecule has 1 atom stereocenters. The quantitative estimate of drug-likeness (QED) is 0.648. The zero-order valence-corrected chi connectivity index (χ0v) is 12.0. The minimum absolute atomic E-state index is 0.226. The number of methoxy groups -OCH3 is 1. The molecule has 0 aliphatic carbocycles. The Kier molecular flexibility index (Phi) is 5.99. The van der Waals surface area contributed by atoms with E-state index in [0.717, 1.165) is 5.75 Å². The number of aliphatic hydroxyl groups is 1. The fourth-order valence-corrected chi connectivity index (χ4v) is 1.76. The number of rotatable bonds is 9.